The summed E-state index contributed by atoms with van der Waals surface area (Å²) in [6, 6.07) is 1.90. The molecule has 0 saturated heterocycles. The number of nitrogens with two attached hydrogens (primary N) is 1. The van der Waals surface area contributed by atoms with Gasteiger partial charge in [0.05, 0.1) is 0 Å². The van der Waals surface area contributed by atoms with Crippen LogP contribution in [0.4, 0.5) is 13.2 Å². The van der Waals surface area contributed by atoms with Crippen LogP contribution in [-0.4, -0.2) is 6.54 Å². The number of hydrogen-bond donors (Lipinski definition) is 1. The summed E-state index contributed by atoms with van der Waals surface area (Å²) < 4.78 is 38.5. The molecule has 0 spiro atoms. The van der Waals surface area contributed by atoms with Gasteiger partial charge in [-0.2, -0.15) is 0 Å². The van der Waals surface area contributed by atoms with E-state index in [9.17, 15) is 13.2 Å². The zero-order valence-corrected chi connectivity index (χ0v) is 7.28. The Morgan fingerprint density at radius 1 is 1.38 bits per heavy atom. The van der Waals surface area contributed by atoms with E-state index in [1.54, 1.807) is 0 Å². The first-order valence-corrected chi connectivity index (χ1v) is 3.93. The molecule has 0 saturated carbocycles. The highest BCUT2D eigenvalue weighted by atomic mass is 35.5. The molecule has 0 fully saturated rings. The minimum atomic E-state index is -1.65. The molecule has 1 atom stereocenters. The van der Waals surface area contributed by atoms with Gasteiger partial charge in [-0.25, -0.2) is 13.2 Å². The molecule has 1 aromatic rings. The molecular weight excluding hydrogens is 203 g/mol. The molecule has 0 amide bonds. The second-order valence-electron chi connectivity index (χ2n) is 2.47. The van der Waals surface area contributed by atoms with E-state index in [4.69, 9.17) is 17.3 Å². The van der Waals surface area contributed by atoms with Gasteiger partial charge in [-0.05, 0) is 6.07 Å². The highest BCUT2D eigenvalue weighted by molar-refractivity contribution is 6.30. The maximum Gasteiger partial charge on any atom is 0.150 e. The first kappa shape index (κ1) is 10.3. The van der Waals surface area contributed by atoms with Gasteiger partial charge in [0, 0.05) is 12.1 Å². The molecule has 0 aliphatic carbocycles. The number of rotatable bonds is 2. The molecule has 0 radical (unpaired) electrons. The third-order valence-electron chi connectivity index (χ3n) is 1.61. The molecule has 2 N–H and O–H groups in total. The summed E-state index contributed by atoms with van der Waals surface area (Å²) in [5.74, 6) is -1.99. The monoisotopic (exact) mass is 209 g/mol. The smallest absolute Gasteiger partial charge is 0.150 e. The van der Waals surface area contributed by atoms with Crippen LogP contribution in [0.2, 0.25) is 5.02 Å². The van der Waals surface area contributed by atoms with Crippen molar-refractivity contribution in [3.63, 3.8) is 0 Å². The lowest BCUT2D eigenvalue weighted by molar-refractivity contribution is 0.340. The quantitative estimate of drug-likeness (QED) is 0.745. The highest BCUT2D eigenvalue weighted by Crippen LogP contribution is 2.27. The van der Waals surface area contributed by atoms with E-state index in [-0.39, 0.29) is 12.1 Å². The Kier molecular flexibility index (Phi) is 3.17. The summed E-state index contributed by atoms with van der Waals surface area (Å²) in [4.78, 5) is 0. The van der Waals surface area contributed by atoms with Crippen molar-refractivity contribution in [2.75, 3.05) is 6.54 Å². The number of hydrogen-bond acceptors (Lipinski definition) is 1. The van der Waals surface area contributed by atoms with Crippen molar-refractivity contribution in [1.29, 1.82) is 0 Å². The van der Waals surface area contributed by atoms with E-state index in [0.717, 1.165) is 12.1 Å². The maximum absolute atomic E-state index is 13.0. The molecular formula is C8H7ClF3N. The minimum absolute atomic E-state index is 0.311. The second-order valence-corrected chi connectivity index (χ2v) is 2.85. The summed E-state index contributed by atoms with van der Waals surface area (Å²) in [6.45, 7) is -0.362. The summed E-state index contributed by atoms with van der Waals surface area (Å²) in [5.41, 5.74) is 4.67. The highest BCUT2D eigenvalue weighted by Gasteiger charge is 2.17. The number of benzene rings is 1. The van der Waals surface area contributed by atoms with Gasteiger partial charge in [0.2, 0.25) is 0 Å². The topological polar surface area (TPSA) is 26.0 Å². The van der Waals surface area contributed by atoms with Crippen LogP contribution in [0, 0.1) is 11.6 Å². The Bertz CT molecular complexity index is 317. The van der Waals surface area contributed by atoms with Crippen LogP contribution in [0.3, 0.4) is 0 Å². The predicted molar refractivity (Wildman–Crippen MR) is 44.3 cm³/mol. The first-order chi connectivity index (χ1) is 6.07. The molecule has 1 aromatic carbocycles. The van der Waals surface area contributed by atoms with Crippen LogP contribution in [0.5, 0.6) is 0 Å². The first-order valence-electron chi connectivity index (χ1n) is 3.55. The molecule has 5 heteroatoms. The fraction of sp³-hybridized carbons (Fsp3) is 0.250. The maximum atomic E-state index is 13.0. The van der Waals surface area contributed by atoms with E-state index < -0.39 is 22.8 Å². The molecule has 1 nitrogen and oxygen atoms in total. The van der Waals surface area contributed by atoms with Gasteiger partial charge in [0.15, 0.2) is 5.82 Å². The van der Waals surface area contributed by atoms with Gasteiger partial charge >= 0.3 is 0 Å². The zero-order valence-electron chi connectivity index (χ0n) is 6.53. The Balaban J connectivity index is 3.18. The summed E-state index contributed by atoms with van der Waals surface area (Å²) in [6.07, 6.45) is -1.65. The van der Waals surface area contributed by atoms with Crippen molar-refractivity contribution >= 4 is 11.6 Å². The second kappa shape index (κ2) is 3.98. The fourth-order valence-electron chi connectivity index (χ4n) is 0.910. The van der Waals surface area contributed by atoms with Crippen molar-refractivity contribution in [1.82, 2.24) is 0 Å². The van der Waals surface area contributed by atoms with Crippen LogP contribution in [0.25, 0.3) is 0 Å². The van der Waals surface area contributed by atoms with Gasteiger partial charge < -0.3 is 5.73 Å². The van der Waals surface area contributed by atoms with Crippen LogP contribution >= 0.6 is 11.6 Å². The number of halogens is 4. The van der Waals surface area contributed by atoms with Gasteiger partial charge in [-0.3, -0.25) is 0 Å². The third-order valence-corrected chi connectivity index (χ3v) is 1.96. The average molecular weight is 210 g/mol. The van der Waals surface area contributed by atoms with Crippen LogP contribution in [-0.2, 0) is 0 Å². The fourth-order valence-corrected chi connectivity index (χ4v) is 1.08. The normalized spacial score (nSPS) is 13.0. The van der Waals surface area contributed by atoms with Crippen molar-refractivity contribution in [2.45, 2.75) is 6.17 Å². The molecule has 0 aliphatic heterocycles. The van der Waals surface area contributed by atoms with Crippen LogP contribution in [0.15, 0.2) is 12.1 Å². The van der Waals surface area contributed by atoms with Gasteiger partial charge in [0.1, 0.15) is 17.0 Å². The molecule has 0 aliphatic rings. The van der Waals surface area contributed by atoms with Crippen molar-refractivity contribution in [3.05, 3.63) is 34.4 Å². The molecule has 1 rings (SSSR count). The lowest BCUT2D eigenvalue weighted by Crippen LogP contribution is -2.09. The van der Waals surface area contributed by atoms with Gasteiger partial charge in [-0.1, -0.05) is 17.7 Å². The Hall–Kier alpha value is -0.740. The van der Waals surface area contributed by atoms with E-state index in [0.29, 0.717) is 0 Å². The van der Waals surface area contributed by atoms with Crippen molar-refractivity contribution in [3.8, 4) is 0 Å². The standard InChI is InChI=1S/C8H7ClF3N/c9-7-5(10)2-1-4(8(7)12)6(11)3-13/h1-2,6H,3,13H2. The largest absolute Gasteiger partial charge is 0.327 e. The third kappa shape index (κ3) is 1.95. The van der Waals surface area contributed by atoms with Gasteiger partial charge in [0.25, 0.3) is 0 Å². The summed E-state index contributed by atoms with van der Waals surface area (Å²) in [7, 11) is 0. The zero-order chi connectivity index (χ0) is 10.0. The van der Waals surface area contributed by atoms with E-state index in [1.165, 1.54) is 0 Å². The van der Waals surface area contributed by atoms with Crippen LogP contribution in [0.1, 0.15) is 11.7 Å². The molecule has 0 aromatic heterocycles. The predicted octanol–water partition coefficient (Wildman–Crippen LogP) is 2.59. The van der Waals surface area contributed by atoms with Crippen molar-refractivity contribution in [2.24, 2.45) is 5.73 Å². The Labute approximate surface area is 78.3 Å². The van der Waals surface area contributed by atoms with Crippen molar-refractivity contribution < 1.29 is 13.2 Å². The number of alkyl halides is 1. The van der Waals surface area contributed by atoms with Crippen LogP contribution < -0.4 is 5.73 Å². The SMILES string of the molecule is NCC(F)c1ccc(F)c(Cl)c1F. The molecule has 72 valence electrons. The Morgan fingerprint density at radius 2 is 2.00 bits per heavy atom. The molecule has 0 bridgehead atoms. The van der Waals surface area contributed by atoms with E-state index >= 15 is 0 Å². The molecule has 1 unspecified atom stereocenters. The molecule has 13 heavy (non-hydrogen) atoms. The molecule has 0 heterocycles. The summed E-state index contributed by atoms with van der Waals surface area (Å²) >= 11 is 5.23. The average Bonchev–Trinajstić information content (AvgIpc) is 2.13. The summed E-state index contributed by atoms with van der Waals surface area (Å²) in [5, 5.41) is -0.700. The lowest BCUT2D eigenvalue weighted by atomic mass is 10.1. The van der Waals surface area contributed by atoms with Gasteiger partial charge in [-0.15, -0.1) is 0 Å². The van der Waals surface area contributed by atoms with E-state index in [2.05, 4.69) is 0 Å². The lowest BCUT2D eigenvalue weighted by Gasteiger charge is -2.07. The Morgan fingerprint density at radius 3 is 2.54 bits per heavy atom. The minimum Gasteiger partial charge on any atom is -0.327 e. The van der Waals surface area contributed by atoms with E-state index in [1.807, 2.05) is 0 Å².